The van der Waals surface area contributed by atoms with E-state index in [1.54, 1.807) is 20.8 Å². The maximum Gasteiger partial charge on any atom is 0.471 e. The fourth-order valence-electron chi connectivity index (χ4n) is 3.60. The zero-order valence-electron chi connectivity index (χ0n) is 14.3. The van der Waals surface area contributed by atoms with Crippen molar-refractivity contribution in [3.05, 3.63) is 0 Å². The van der Waals surface area contributed by atoms with Crippen molar-refractivity contribution in [1.29, 1.82) is 0 Å². The molecule has 0 aromatic rings. The third kappa shape index (κ3) is 4.77. The summed E-state index contributed by atoms with van der Waals surface area (Å²) >= 11 is 0. The summed E-state index contributed by atoms with van der Waals surface area (Å²) in [6.45, 7) is 5.74. The van der Waals surface area contributed by atoms with Crippen molar-refractivity contribution in [3.8, 4) is 0 Å². The molecule has 3 unspecified atom stereocenters. The molecule has 2 aliphatic rings. The summed E-state index contributed by atoms with van der Waals surface area (Å²) in [7, 11) is 0. The van der Waals surface area contributed by atoms with E-state index in [2.05, 4.69) is 5.32 Å². The van der Waals surface area contributed by atoms with Crippen LogP contribution in [0.25, 0.3) is 0 Å². The van der Waals surface area contributed by atoms with E-state index in [1.165, 1.54) is 4.90 Å². The number of nitrogens with zero attached hydrogens (tertiary/aromatic N) is 1. The van der Waals surface area contributed by atoms with Crippen molar-refractivity contribution in [3.63, 3.8) is 0 Å². The molecule has 0 bridgehead atoms. The van der Waals surface area contributed by atoms with E-state index < -0.39 is 29.8 Å². The lowest BCUT2D eigenvalue weighted by atomic mass is 9.72. The first-order valence-corrected chi connectivity index (χ1v) is 8.33. The summed E-state index contributed by atoms with van der Waals surface area (Å²) in [5.41, 5.74) is -0.675. The first-order chi connectivity index (χ1) is 11.0. The van der Waals surface area contributed by atoms with Crippen molar-refractivity contribution in [1.82, 2.24) is 10.2 Å². The topological polar surface area (TPSA) is 58.6 Å². The predicted octanol–water partition coefficient (Wildman–Crippen LogP) is 3.09. The number of piperidine rings is 1. The molecule has 24 heavy (non-hydrogen) atoms. The molecule has 2 fully saturated rings. The molecule has 3 atom stereocenters. The Kier molecular flexibility index (Phi) is 5.34. The van der Waals surface area contributed by atoms with E-state index in [9.17, 15) is 22.8 Å². The van der Waals surface area contributed by atoms with Crippen LogP contribution in [0.15, 0.2) is 0 Å². The molecule has 1 saturated heterocycles. The fraction of sp³-hybridized carbons (Fsp3) is 0.875. The molecule has 1 aliphatic heterocycles. The number of alkyl halides is 3. The lowest BCUT2D eigenvalue weighted by Crippen LogP contribution is -2.60. The van der Waals surface area contributed by atoms with Crippen LogP contribution in [0.1, 0.15) is 46.5 Å². The highest BCUT2D eigenvalue weighted by Gasteiger charge is 2.45. The van der Waals surface area contributed by atoms with Gasteiger partial charge in [0.15, 0.2) is 0 Å². The number of amides is 2. The summed E-state index contributed by atoms with van der Waals surface area (Å²) in [6, 6.07) is -0.689. The molecule has 0 aromatic heterocycles. The minimum Gasteiger partial charge on any atom is -0.444 e. The van der Waals surface area contributed by atoms with Gasteiger partial charge in [0.05, 0.1) is 0 Å². The standard InChI is InChI=1S/C16H25F3N2O3/c1-15(2,3)24-14(23)21-8-10-6-4-5-7-11(10)12(9-21)20-13(22)16(17,18)19/h10-12H,4-9H2,1-3H3,(H,20,22). The van der Waals surface area contributed by atoms with Gasteiger partial charge in [0, 0.05) is 19.1 Å². The van der Waals surface area contributed by atoms with E-state index in [4.69, 9.17) is 4.74 Å². The van der Waals surface area contributed by atoms with Gasteiger partial charge in [-0.05, 0) is 45.4 Å². The van der Waals surface area contributed by atoms with Crippen LogP contribution < -0.4 is 5.32 Å². The van der Waals surface area contributed by atoms with Crippen LogP contribution in [-0.4, -0.2) is 47.8 Å². The van der Waals surface area contributed by atoms with E-state index in [1.807, 2.05) is 0 Å². The highest BCUT2D eigenvalue weighted by Crippen LogP contribution is 2.37. The van der Waals surface area contributed by atoms with Gasteiger partial charge in [-0.3, -0.25) is 4.79 Å². The molecular weight excluding hydrogens is 325 g/mol. The van der Waals surface area contributed by atoms with Crippen molar-refractivity contribution < 1.29 is 27.5 Å². The smallest absolute Gasteiger partial charge is 0.444 e. The molecule has 1 saturated carbocycles. The minimum absolute atomic E-state index is 0.0243. The van der Waals surface area contributed by atoms with Gasteiger partial charge < -0.3 is 15.0 Å². The Labute approximate surface area is 139 Å². The second-order valence-electron chi connectivity index (χ2n) is 7.67. The summed E-state index contributed by atoms with van der Waals surface area (Å²) in [4.78, 5) is 25.1. The van der Waals surface area contributed by atoms with Crippen LogP contribution in [0.4, 0.5) is 18.0 Å². The fourth-order valence-corrected chi connectivity index (χ4v) is 3.60. The van der Waals surface area contributed by atoms with Gasteiger partial charge in [-0.15, -0.1) is 0 Å². The second kappa shape index (κ2) is 6.80. The van der Waals surface area contributed by atoms with Gasteiger partial charge in [-0.1, -0.05) is 12.8 Å². The monoisotopic (exact) mass is 350 g/mol. The number of fused-ring (bicyclic) bond motifs is 1. The maximum atomic E-state index is 12.6. The SMILES string of the molecule is CC(C)(C)OC(=O)N1CC2CCCCC2C(NC(=O)C(F)(F)F)C1. The van der Waals surface area contributed by atoms with Crippen molar-refractivity contribution in [2.45, 2.75) is 64.3 Å². The maximum absolute atomic E-state index is 12.6. The zero-order chi connectivity index (χ0) is 18.1. The summed E-state index contributed by atoms with van der Waals surface area (Å²) < 4.78 is 43.1. The Balaban J connectivity index is 2.11. The van der Waals surface area contributed by atoms with Gasteiger partial charge >= 0.3 is 18.2 Å². The number of hydrogen-bond acceptors (Lipinski definition) is 3. The largest absolute Gasteiger partial charge is 0.471 e. The van der Waals surface area contributed by atoms with Crippen LogP contribution in [0.2, 0.25) is 0 Å². The highest BCUT2D eigenvalue weighted by atomic mass is 19.4. The normalized spacial score (nSPS) is 28.1. The van der Waals surface area contributed by atoms with Gasteiger partial charge in [0.2, 0.25) is 0 Å². The Morgan fingerprint density at radius 1 is 1.08 bits per heavy atom. The van der Waals surface area contributed by atoms with Gasteiger partial charge in [0.1, 0.15) is 5.60 Å². The Morgan fingerprint density at radius 3 is 2.29 bits per heavy atom. The molecule has 8 heteroatoms. The van der Waals surface area contributed by atoms with Gasteiger partial charge in [0.25, 0.3) is 0 Å². The molecule has 1 aliphatic carbocycles. The van der Waals surface area contributed by atoms with Crippen molar-refractivity contribution in [2.24, 2.45) is 11.8 Å². The molecule has 5 nitrogen and oxygen atoms in total. The molecule has 138 valence electrons. The van der Waals surface area contributed by atoms with Crippen LogP contribution >= 0.6 is 0 Å². The molecule has 1 N–H and O–H groups in total. The van der Waals surface area contributed by atoms with Crippen LogP contribution in [0.3, 0.4) is 0 Å². The van der Waals surface area contributed by atoms with Gasteiger partial charge in [-0.25, -0.2) is 4.79 Å². The molecule has 0 spiro atoms. The predicted molar refractivity (Wildman–Crippen MR) is 81.2 cm³/mol. The molecule has 0 aromatic carbocycles. The first-order valence-electron chi connectivity index (χ1n) is 8.33. The molecule has 2 amide bonds. The number of nitrogens with one attached hydrogen (secondary N) is 1. The molecular formula is C16H25F3N2O3. The lowest BCUT2D eigenvalue weighted by Gasteiger charge is -2.46. The first kappa shape index (κ1) is 18.9. The van der Waals surface area contributed by atoms with Crippen LogP contribution in [0, 0.1) is 11.8 Å². The van der Waals surface area contributed by atoms with E-state index in [-0.39, 0.29) is 18.4 Å². The number of ether oxygens (including phenoxy) is 1. The van der Waals surface area contributed by atoms with E-state index in [0.29, 0.717) is 6.54 Å². The second-order valence-corrected chi connectivity index (χ2v) is 7.67. The Bertz CT molecular complexity index is 488. The summed E-state index contributed by atoms with van der Waals surface area (Å²) in [5, 5.41) is 2.09. The number of carbonyl (C=O) groups excluding carboxylic acids is 2. The average Bonchev–Trinajstić information content (AvgIpc) is 2.44. The number of likely N-dealkylation sites (tertiary alicyclic amines) is 1. The minimum atomic E-state index is -4.92. The number of rotatable bonds is 1. The molecule has 1 heterocycles. The van der Waals surface area contributed by atoms with Crippen LogP contribution in [-0.2, 0) is 9.53 Å². The zero-order valence-corrected chi connectivity index (χ0v) is 14.3. The third-order valence-corrected chi connectivity index (χ3v) is 4.58. The van der Waals surface area contributed by atoms with Crippen LogP contribution in [0.5, 0.6) is 0 Å². The van der Waals surface area contributed by atoms with E-state index >= 15 is 0 Å². The molecule has 0 radical (unpaired) electrons. The third-order valence-electron chi connectivity index (χ3n) is 4.58. The lowest BCUT2D eigenvalue weighted by molar-refractivity contribution is -0.175. The highest BCUT2D eigenvalue weighted by molar-refractivity contribution is 5.82. The van der Waals surface area contributed by atoms with Gasteiger partial charge in [-0.2, -0.15) is 13.2 Å². The number of carbonyl (C=O) groups is 2. The summed E-state index contributed by atoms with van der Waals surface area (Å²) in [5.74, 6) is -1.87. The summed E-state index contributed by atoms with van der Waals surface area (Å²) in [6.07, 6.45) is -1.91. The van der Waals surface area contributed by atoms with Crippen molar-refractivity contribution >= 4 is 12.0 Å². The average molecular weight is 350 g/mol. The number of halogens is 3. The Hall–Kier alpha value is -1.47. The number of hydrogen-bond donors (Lipinski definition) is 1. The van der Waals surface area contributed by atoms with E-state index in [0.717, 1.165) is 25.7 Å². The Morgan fingerprint density at radius 2 is 1.71 bits per heavy atom. The molecule has 2 rings (SSSR count). The quantitative estimate of drug-likeness (QED) is 0.791. The van der Waals surface area contributed by atoms with Crippen molar-refractivity contribution in [2.75, 3.05) is 13.1 Å².